The molecule has 11 heteroatoms. The largest absolute Gasteiger partial charge is 0.481 e. The molecule has 0 heterocycles. The second kappa shape index (κ2) is 15.6. The third kappa shape index (κ3) is 11.4. The minimum Gasteiger partial charge on any atom is -0.481 e. The average Bonchev–Trinajstić information content (AvgIpc) is 2.84. The van der Waals surface area contributed by atoms with Gasteiger partial charge in [-0.3, -0.25) is 19.2 Å². The highest BCUT2D eigenvalue weighted by Crippen LogP contribution is 2.10. The molecule has 0 aliphatic heterocycles. The average molecular weight is 521 g/mol. The second-order valence-electron chi connectivity index (χ2n) is 9.68. The molecule has 5 unspecified atom stereocenters. The highest BCUT2D eigenvalue weighted by atomic mass is 16.4. The Morgan fingerprint density at radius 1 is 0.838 bits per heavy atom. The molecule has 0 bridgehead atoms. The zero-order valence-electron chi connectivity index (χ0n) is 21.9. The molecular weight excluding hydrogens is 480 g/mol. The molecule has 0 spiro atoms. The molecule has 1 aromatic carbocycles. The number of carbonyl (C=O) groups excluding carboxylic acids is 3. The van der Waals surface area contributed by atoms with E-state index in [-0.39, 0.29) is 31.1 Å². The van der Waals surface area contributed by atoms with Crippen LogP contribution in [0.15, 0.2) is 30.3 Å². The highest BCUT2D eigenvalue weighted by Gasteiger charge is 2.31. The summed E-state index contributed by atoms with van der Waals surface area (Å²) in [6.07, 6.45) is 0.277. The summed E-state index contributed by atoms with van der Waals surface area (Å²) in [7, 11) is 0. The molecule has 0 saturated carbocycles. The Labute approximate surface area is 217 Å². The van der Waals surface area contributed by atoms with Crippen LogP contribution in [0.4, 0.5) is 0 Å². The van der Waals surface area contributed by atoms with Gasteiger partial charge < -0.3 is 31.9 Å². The number of carboxylic acids is 2. The number of rotatable bonds is 16. The van der Waals surface area contributed by atoms with E-state index < -0.39 is 60.2 Å². The lowest BCUT2D eigenvalue weighted by Crippen LogP contribution is -2.58. The van der Waals surface area contributed by atoms with Crippen molar-refractivity contribution in [2.75, 3.05) is 0 Å². The molecule has 7 N–H and O–H groups in total. The smallest absolute Gasteiger partial charge is 0.326 e. The van der Waals surface area contributed by atoms with E-state index in [9.17, 15) is 29.1 Å². The summed E-state index contributed by atoms with van der Waals surface area (Å²) < 4.78 is 0. The third-order valence-corrected chi connectivity index (χ3v) is 6.08. The van der Waals surface area contributed by atoms with Gasteiger partial charge in [0.15, 0.2) is 0 Å². The van der Waals surface area contributed by atoms with Crippen molar-refractivity contribution >= 4 is 29.7 Å². The van der Waals surface area contributed by atoms with Crippen molar-refractivity contribution in [3.8, 4) is 0 Å². The predicted molar refractivity (Wildman–Crippen MR) is 137 cm³/mol. The Hall–Kier alpha value is -3.47. The first-order valence-electron chi connectivity index (χ1n) is 12.5. The monoisotopic (exact) mass is 520 g/mol. The first kappa shape index (κ1) is 31.6. The maximum atomic E-state index is 13.1. The van der Waals surface area contributed by atoms with Crippen molar-refractivity contribution in [3.63, 3.8) is 0 Å². The van der Waals surface area contributed by atoms with Gasteiger partial charge in [-0.1, -0.05) is 64.4 Å². The van der Waals surface area contributed by atoms with Crippen LogP contribution in [-0.2, 0) is 30.4 Å². The predicted octanol–water partition coefficient (Wildman–Crippen LogP) is 1.05. The molecule has 0 aliphatic rings. The lowest BCUT2D eigenvalue weighted by molar-refractivity contribution is -0.142. The number of nitrogens with two attached hydrogens (primary N) is 1. The van der Waals surface area contributed by atoms with Crippen molar-refractivity contribution < 1.29 is 34.2 Å². The summed E-state index contributed by atoms with van der Waals surface area (Å²) in [4.78, 5) is 61.7. The molecule has 0 saturated heterocycles. The molecule has 0 radical (unpaired) electrons. The molecular formula is C26H40N4O7. The van der Waals surface area contributed by atoms with Gasteiger partial charge in [-0.05, 0) is 30.2 Å². The molecule has 3 amide bonds. The fraction of sp³-hybridized carbons (Fsp3) is 0.577. The first-order valence-corrected chi connectivity index (χ1v) is 12.5. The Bertz CT molecular complexity index is 923. The molecule has 11 nitrogen and oxygen atoms in total. The molecule has 1 aromatic rings. The molecule has 206 valence electrons. The van der Waals surface area contributed by atoms with Gasteiger partial charge in [-0.15, -0.1) is 0 Å². The molecule has 37 heavy (non-hydrogen) atoms. The molecule has 0 fully saturated rings. The maximum Gasteiger partial charge on any atom is 0.326 e. The lowest BCUT2D eigenvalue weighted by Gasteiger charge is -2.26. The van der Waals surface area contributed by atoms with Gasteiger partial charge in [0.1, 0.15) is 18.1 Å². The highest BCUT2D eigenvalue weighted by molar-refractivity contribution is 5.94. The molecule has 1 rings (SSSR count). The molecule has 0 aliphatic carbocycles. The van der Waals surface area contributed by atoms with E-state index >= 15 is 0 Å². The van der Waals surface area contributed by atoms with Crippen LogP contribution in [0.3, 0.4) is 0 Å². The minimum absolute atomic E-state index is 0.0423. The van der Waals surface area contributed by atoms with Crippen LogP contribution in [0.2, 0.25) is 0 Å². The second-order valence-corrected chi connectivity index (χ2v) is 9.68. The van der Waals surface area contributed by atoms with Gasteiger partial charge in [-0.25, -0.2) is 4.79 Å². The van der Waals surface area contributed by atoms with Gasteiger partial charge in [-0.2, -0.15) is 0 Å². The standard InChI is InChI=1S/C26H40N4O7/c1-5-16(4)22(27)25(35)28-18(11-12-21(31)32)23(33)29-19(13-15(2)3)24(34)30-20(26(36)37)14-17-9-7-6-8-10-17/h6-10,15-16,18-20,22H,5,11-14,27H2,1-4H3,(H,28,35)(H,29,33)(H,30,34)(H,31,32)(H,36,37). The van der Waals surface area contributed by atoms with Crippen LogP contribution in [0.1, 0.15) is 58.9 Å². The van der Waals surface area contributed by atoms with E-state index in [0.717, 1.165) is 0 Å². The van der Waals surface area contributed by atoms with Crippen molar-refractivity contribution in [2.45, 2.75) is 84.0 Å². The Morgan fingerprint density at radius 2 is 1.38 bits per heavy atom. The van der Waals surface area contributed by atoms with Crippen LogP contribution < -0.4 is 21.7 Å². The van der Waals surface area contributed by atoms with E-state index in [4.69, 9.17) is 10.8 Å². The van der Waals surface area contributed by atoms with E-state index in [1.165, 1.54) is 0 Å². The Morgan fingerprint density at radius 3 is 1.89 bits per heavy atom. The summed E-state index contributed by atoms with van der Waals surface area (Å²) in [6.45, 7) is 7.32. The van der Waals surface area contributed by atoms with Gasteiger partial charge in [0.25, 0.3) is 0 Å². The summed E-state index contributed by atoms with van der Waals surface area (Å²) >= 11 is 0. The Kier molecular flexibility index (Phi) is 13.3. The van der Waals surface area contributed by atoms with Crippen LogP contribution in [0.25, 0.3) is 0 Å². The normalized spacial score (nSPS) is 15.1. The van der Waals surface area contributed by atoms with Crippen molar-refractivity contribution in [3.05, 3.63) is 35.9 Å². The van der Waals surface area contributed by atoms with E-state index in [0.29, 0.717) is 12.0 Å². The van der Waals surface area contributed by atoms with Crippen LogP contribution in [-0.4, -0.2) is 64.0 Å². The van der Waals surface area contributed by atoms with Crippen LogP contribution >= 0.6 is 0 Å². The number of benzene rings is 1. The summed E-state index contributed by atoms with van der Waals surface area (Å²) in [5.41, 5.74) is 6.67. The fourth-order valence-electron chi connectivity index (χ4n) is 3.61. The van der Waals surface area contributed by atoms with Crippen LogP contribution in [0, 0.1) is 11.8 Å². The molecule has 0 aromatic heterocycles. The van der Waals surface area contributed by atoms with Crippen molar-refractivity contribution in [1.29, 1.82) is 0 Å². The number of carbonyl (C=O) groups is 5. The number of carboxylic acid groups (broad SMARTS) is 2. The summed E-state index contributed by atoms with van der Waals surface area (Å²) in [5.74, 6) is -4.62. The first-order chi connectivity index (χ1) is 17.3. The van der Waals surface area contributed by atoms with Crippen LogP contribution in [0.5, 0.6) is 0 Å². The summed E-state index contributed by atoms with van der Waals surface area (Å²) in [6, 6.07) is 4.35. The molecule has 5 atom stereocenters. The zero-order valence-corrected chi connectivity index (χ0v) is 21.9. The van der Waals surface area contributed by atoms with Gasteiger partial charge in [0.05, 0.1) is 6.04 Å². The van der Waals surface area contributed by atoms with Gasteiger partial charge in [0, 0.05) is 12.8 Å². The fourth-order valence-corrected chi connectivity index (χ4v) is 3.61. The maximum absolute atomic E-state index is 13.1. The SMILES string of the molecule is CCC(C)C(N)C(=O)NC(CCC(=O)O)C(=O)NC(CC(C)C)C(=O)NC(Cc1ccccc1)C(=O)O. The minimum atomic E-state index is -1.24. The lowest BCUT2D eigenvalue weighted by atomic mass is 9.98. The quantitative estimate of drug-likeness (QED) is 0.186. The number of hydrogen-bond donors (Lipinski definition) is 6. The van der Waals surface area contributed by atoms with Crippen molar-refractivity contribution in [1.82, 2.24) is 16.0 Å². The van der Waals surface area contributed by atoms with Crippen molar-refractivity contribution in [2.24, 2.45) is 17.6 Å². The number of aliphatic carboxylic acids is 2. The topological polar surface area (TPSA) is 188 Å². The number of amides is 3. The third-order valence-electron chi connectivity index (χ3n) is 6.08. The van der Waals surface area contributed by atoms with Gasteiger partial charge in [0.2, 0.25) is 17.7 Å². The van der Waals surface area contributed by atoms with E-state index in [1.807, 2.05) is 20.8 Å². The number of nitrogens with one attached hydrogen (secondary N) is 3. The van der Waals surface area contributed by atoms with E-state index in [1.54, 1.807) is 37.3 Å². The Balaban J connectivity index is 3.04. The number of hydrogen-bond acceptors (Lipinski definition) is 6. The van der Waals surface area contributed by atoms with Gasteiger partial charge >= 0.3 is 11.9 Å². The van der Waals surface area contributed by atoms with E-state index in [2.05, 4.69) is 16.0 Å². The zero-order chi connectivity index (χ0) is 28.1. The summed E-state index contributed by atoms with van der Waals surface area (Å²) in [5, 5.41) is 26.3.